The molecule has 1 aliphatic heterocycles. The molecule has 1 N–H and O–H groups in total. The van der Waals surface area contributed by atoms with Gasteiger partial charge in [0.1, 0.15) is 5.69 Å². The van der Waals surface area contributed by atoms with E-state index in [1.165, 1.54) is 17.6 Å². The number of aromatic nitrogens is 1. The molecule has 0 unspecified atom stereocenters. The van der Waals surface area contributed by atoms with Crippen molar-refractivity contribution in [2.75, 3.05) is 24.7 Å². The molecule has 2 heterocycles. The fourth-order valence-corrected chi connectivity index (χ4v) is 3.76. The van der Waals surface area contributed by atoms with Gasteiger partial charge in [0.25, 0.3) is 5.91 Å². The lowest BCUT2D eigenvalue weighted by atomic mass is 10.3. The first kappa shape index (κ1) is 15.9. The SMILES string of the molecule is CS(=O)(=O)c1ccc(Nc2nc(C(=O)N3CCCC3)cs2)cc1. The number of hydrogen-bond donors (Lipinski definition) is 1. The summed E-state index contributed by atoms with van der Waals surface area (Å²) in [5.74, 6) is -0.0285. The molecule has 1 amide bonds. The average Bonchev–Trinajstić information content (AvgIpc) is 3.18. The Bertz CT molecular complexity index is 807. The Morgan fingerprint density at radius 1 is 1.22 bits per heavy atom. The predicted octanol–water partition coefficient (Wildman–Crippen LogP) is 2.53. The minimum atomic E-state index is -3.20. The highest BCUT2D eigenvalue weighted by molar-refractivity contribution is 7.90. The highest BCUT2D eigenvalue weighted by Crippen LogP contribution is 2.23. The van der Waals surface area contributed by atoms with Gasteiger partial charge in [-0.3, -0.25) is 4.79 Å². The second kappa shape index (κ2) is 6.29. The summed E-state index contributed by atoms with van der Waals surface area (Å²) in [6, 6.07) is 6.45. The summed E-state index contributed by atoms with van der Waals surface area (Å²) in [5, 5.41) is 5.44. The first-order chi connectivity index (χ1) is 10.9. The van der Waals surface area contributed by atoms with Gasteiger partial charge in [-0.05, 0) is 37.1 Å². The van der Waals surface area contributed by atoms with Crippen molar-refractivity contribution >= 4 is 37.9 Å². The molecule has 1 aliphatic rings. The summed E-state index contributed by atoms with van der Waals surface area (Å²) in [6.07, 6.45) is 3.27. The van der Waals surface area contributed by atoms with Gasteiger partial charge in [-0.2, -0.15) is 0 Å². The summed E-state index contributed by atoms with van der Waals surface area (Å²) in [7, 11) is -3.20. The quantitative estimate of drug-likeness (QED) is 0.916. The molecule has 1 fully saturated rings. The van der Waals surface area contributed by atoms with Crippen LogP contribution in [0.25, 0.3) is 0 Å². The van der Waals surface area contributed by atoms with Gasteiger partial charge in [0.15, 0.2) is 15.0 Å². The van der Waals surface area contributed by atoms with Crippen molar-refractivity contribution in [3.05, 3.63) is 35.3 Å². The second-order valence-electron chi connectivity index (χ2n) is 5.46. The number of likely N-dealkylation sites (tertiary alicyclic amines) is 1. The van der Waals surface area contributed by atoms with Crippen LogP contribution in [0.4, 0.5) is 10.8 Å². The monoisotopic (exact) mass is 351 g/mol. The normalized spacial score (nSPS) is 14.9. The number of nitrogens with zero attached hydrogens (tertiary/aromatic N) is 2. The highest BCUT2D eigenvalue weighted by Gasteiger charge is 2.21. The van der Waals surface area contributed by atoms with E-state index in [1.807, 2.05) is 4.90 Å². The number of carbonyl (C=O) groups is 1. The first-order valence-corrected chi connectivity index (χ1v) is 10.0. The number of rotatable bonds is 4. The Labute approximate surface area is 139 Å². The van der Waals surface area contributed by atoms with E-state index >= 15 is 0 Å². The molecule has 0 radical (unpaired) electrons. The number of benzene rings is 1. The van der Waals surface area contributed by atoms with Gasteiger partial charge in [0.05, 0.1) is 4.90 Å². The Morgan fingerprint density at radius 2 is 1.87 bits per heavy atom. The van der Waals surface area contributed by atoms with Crippen LogP contribution in [0.3, 0.4) is 0 Å². The largest absolute Gasteiger partial charge is 0.337 e. The van der Waals surface area contributed by atoms with Crippen LogP contribution in [0, 0.1) is 0 Å². The smallest absolute Gasteiger partial charge is 0.273 e. The van der Waals surface area contributed by atoms with Crippen molar-refractivity contribution in [3.8, 4) is 0 Å². The number of carbonyl (C=O) groups excluding carboxylic acids is 1. The molecule has 0 bridgehead atoms. The standard InChI is InChI=1S/C15H17N3O3S2/c1-23(20,21)12-6-4-11(5-7-12)16-15-17-13(10-22-15)14(19)18-8-2-3-9-18/h4-7,10H,2-3,8-9H2,1H3,(H,16,17). The van der Waals surface area contributed by atoms with Gasteiger partial charge in [0.2, 0.25) is 0 Å². The van der Waals surface area contributed by atoms with E-state index in [0.29, 0.717) is 10.8 Å². The number of thiazole rings is 1. The van der Waals surface area contributed by atoms with Crippen LogP contribution in [0.2, 0.25) is 0 Å². The molecule has 1 saturated heterocycles. The Balaban J connectivity index is 1.70. The van der Waals surface area contributed by atoms with Crippen molar-refractivity contribution in [2.24, 2.45) is 0 Å². The lowest BCUT2D eigenvalue weighted by Gasteiger charge is -2.12. The van der Waals surface area contributed by atoms with Crippen molar-refractivity contribution in [1.29, 1.82) is 0 Å². The summed E-state index contributed by atoms with van der Waals surface area (Å²) in [5.41, 5.74) is 1.18. The minimum Gasteiger partial charge on any atom is -0.337 e. The molecule has 0 atom stereocenters. The maximum Gasteiger partial charge on any atom is 0.273 e. The summed E-state index contributed by atoms with van der Waals surface area (Å²) in [6.45, 7) is 1.60. The molecule has 0 aliphatic carbocycles. The lowest BCUT2D eigenvalue weighted by Crippen LogP contribution is -2.27. The zero-order valence-electron chi connectivity index (χ0n) is 12.7. The Morgan fingerprint density at radius 3 is 2.48 bits per heavy atom. The minimum absolute atomic E-state index is 0.0285. The van der Waals surface area contributed by atoms with Crippen LogP contribution >= 0.6 is 11.3 Å². The van der Waals surface area contributed by atoms with Gasteiger partial charge in [-0.1, -0.05) is 0 Å². The van der Waals surface area contributed by atoms with E-state index in [4.69, 9.17) is 0 Å². The van der Waals surface area contributed by atoms with E-state index in [2.05, 4.69) is 10.3 Å². The zero-order chi connectivity index (χ0) is 16.4. The third kappa shape index (κ3) is 3.70. The lowest BCUT2D eigenvalue weighted by molar-refractivity contribution is 0.0788. The van der Waals surface area contributed by atoms with Crippen LogP contribution in [0.15, 0.2) is 34.5 Å². The van der Waals surface area contributed by atoms with Crippen molar-refractivity contribution in [2.45, 2.75) is 17.7 Å². The van der Waals surface area contributed by atoms with E-state index in [1.54, 1.807) is 29.6 Å². The highest BCUT2D eigenvalue weighted by atomic mass is 32.2. The van der Waals surface area contributed by atoms with E-state index < -0.39 is 9.84 Å². The van der Waals surface area contributed by atoms with Gasteiger partial charge in [-0.25, -0.2) is 13.4 Å². The maximum absolute atomic E-state index is 12.2. The Hall–Kier alpha value is -1.93. The number of hydrogen-bond acceptors (Lipinski definition) is 6. The maximum atomic E-state index is 12.2. The molecule has 0 saturated carbocycles. The zero-order valence-corrected chi connectivity index (χ0v) is 14.3. The molecule has 1 aromatic carbocycles. The predicted molar refractivity (Wildman–Crippen MR) is 90.1 cm³/mol. The topological polar surface area (TPSA) is 79.4 Å². The molecule has 3 rings (SSSR count). The number of anilines is 2. The van der Waals surface area contributed by atoms with Crippen LogP contribution in [-0.2, 0) is 9.84 Å². The molecule has 8 heteroatoms. The summed E-state index contributed by atoms with van der Waals surface area (Å²) in [4.78, 5) is 18.7. The van der Waals surface area contributed by atoms with E-state index in [9.17, 15) is 13.2 Å². The molecule has 122 valence electrons. The summed E-state index contributed by atoms with van der Waals surface area (Å²) >= 11 is 1.35. The second-order valence-corrected chi connectivity index (χ2v) is 8.33. The van der Waals surface area contributed by atoms with Crippen LogP contribution < -0.4 is 5.32 Å². The third-order valence-corrected chi connectivity index (χ3v) is 5.54. The molecule has 6 nitrogen and oxygen atoms in total. The molecule has 23 heavy (non-hydrogen) atoms. The number of sulfone groups is 1. The molecule has 0 spiro atoms. The van der Waals surface area contributed by atoms with Gasteiger partial charge < -0.3 is 10.2 Å². The van der Waals surface area contributed by atoms with E-state index in [0.717, 1.165) is 31.6 Å². The number of nitrogens with one attached hydrogen (secondary N) is 1. The molecule has 2 aromatic rings. The van der Waals surface area contributed by atoms with Crippen molar-refractivity contribution in [1.82, 2.24) is 9.88 Å². The number of amides is 1. The van der Waals surface area contributed by atoms with Crippen molar-refractivity contribution < 1.29 is 13.2 Å². The van der Waals surface area contributed by atoms with Crippen LogP contribution in [0.1, 0.15) is 23.3 Å². The Kier molecular flexibility index (Phi) is 4.36. The molecular formula is C15H17N3O3S2. The fraction of sp³-hybridized carbons (Fsp3) is 0.333. The summed E-state index contributed by atoms with van der Waals surface area (Å²) < 4.78 is 22.9. The van der Waals surface area contributed by atoms with Gasteiger partial charge in [-0.15, -0.1) is 11.3 Å². The van der Waals surface area contributed by atoms with Crippen molar-refractivity contribution in [3.63, 3.8) is 0 Å². The average molecular weight is 351 g/mol. The van der Waals surface area contributed by atoms with E-state index in [-0.39, 0.29) is 10.8 Å². The van der Waals surface area contributed by atoms with Gasteiger partial charge in [0, 0.05) is 30.4 Å². The fourth-order valence-electron chi connectivity index (χ4n) is 2.42. The molecular weight excluding hydrogens is 334 g/mol. The third-order valence-electron chi connectivity index (χ3n) is 3.65. The van der Waals surface area contributed by atoms with Gasteiger partial charge >= 0.3 is 0 Å². The molecule has 1 aromatic heterocycles. The van der Waals surface area contributed by atoms with Crippen LogP contribution in [-0.4, -0.2) is 43.6 Å². The van der Waals surface area contributed by atoms with Crippen LogP contribution in [0.5, 0.6) is 0 Å². The first-order valence-electron chi connectivity index (χ1n) is 7.25.